The molecule has 60 valence electrons. The molecular weight excluding hydrogens is 141 g/mol. The quantitative estimate of drug-likeness (QED) is 0.542. The zero-order chi connectivity index (χ0) is 7.99. The van der Waals surface area contributed by atoms with Crippen molar-refractivity contribution < 1.29 is 13.2 Å². The van der Waals surface area contributed by atoms with Crippen molar-refractivity contribution >= 4 is 0 Å². The molecule has 1 fully saturated rings. The molecule has 0 amide bonds. The van der Waals surface area contributed by atoms with Crippen LogP contribution < -0.4 is 0 Å². The summed E-state index contributed by atoms with van der Waals surface area (Å²) in [6.07, 6.45) is -0.376. The smallest absolute Gasteiger partial charge is 0.237 e. The summed E-state index contributed by atoms with van der Waals surface area (Å²) in [5, 5.41) is 0. The third-order valence-corrected chi connectivity index (χ3v) is 2.47. The highest BCUT2D eigenvalue weighted by Gasteiger charge is 2.66. The van der Waals surface area contributed by atoms with Gasteiger partial charge < -0.3 is 0 Å². The Kier molecular flexibility index (Phi) is 1.49. The molecule has 10 heavy (non-hydrogen) atoms. The summed E-state index contributed by atoms with van der Waals surface area (Å²) in [7, 11) is 0. The highest BCUT2D eigenvalue weighted by Crippen LogP contribution is 2.55. The average Bonchev–Trinajstić information content (AvgIpc) is 1.85. The number of hydrogen-bond acceptors (Lipinski definition) is 0. The van der Waals surface area contributed by atoms with Gasteiger partial charge in [0.05, 0.1) is 0 Å². The van der Waals surface area contributed by atoms with E-state index < -0.39 is 17.5 Å². The largest absolute Gasteiger partial charge is 0.282 e. The van der Waals surface area contributed by atoms with E-state index in [2.05, 4.69) is 0 Å². The first-order valence-corrected chi connectivity index (χ1v) is 3.51. The van der Waals surface area contributed by atoms with Gasteiger partial charge in [0.25, 0.3) is 5.92 Å². The van der Waals surface area contributed by atoms with Crippen LogP contribution in [0.4, 0.5) is 13.2 Å². The summed E-state index contributed by atoms with van der Waals surface area (Å²) < 4.78 is 38.0. The maximum Gasteiger partial charge on any atom is 0.282 e. The van der Waals surface area contributed by atoms with Crippen LogP contribution in [0.1, 0.15) is 26.7 Å². The van der Waals surface area contributed by atoms with Crippen molar-refractivity contribution in [3.05, 3.63) is 0 Å². The van der Waals surface area contributed by atoms with Crippen LogP contribution in [0.25, 0.3) is 0 Å². The number of hydrogen-bond donors (Lipinski definition) is 0. The highest BCUT2D eigenvalue weighted by molar-refractivity contribution is 5.07. The zero-order valence-corrected chi connectivity index (χ0v) is 6.13. The van der Waals surface area contributed by atoms with Crippen molar-refractivity contribution in [1.29, 1.82) is 0 Å². The van der Waals surface area contributed by atoms with Crippen LogP contribution in [0.2, 0.25) is 0 Å². The van der Waals surface area contributed by atoms with Gasteiger partial charge in [-0.1, -0.05) is 13.8 Å². The van der Waals surface area contributed by atoms with Crippen LogP contribution in [0.15, 0.2) is 0 Å². The lowest BCUT2D eigenvalue weighted by Crippen LogP contribution is -2.60. The molecule has 0 spiro atoms. The molecule has 0 nitrogen and oxygen atoms in total. The SMILES string of the molecule is CCC1(F)C(C)CC1(F)F. The summed E-state index contributed by atoms with van der Waals surface area (Å²) >= 11 is 0. The molecule has 1 rings (SSSR count). The van der Waals surface area contributed by atoms with Crippen LogP contribution in [0, 0.1) is 5.92 Å². The molecule has 3 heteroatoms. The first-order valence-electron chi connectivity index (χ1n) is 3.51. The number of alkyl halides is 3. The Morgan fingerprint density at radius 3 is 2.00 bits per heavy atom. The van der Waals surface area contributed by atoms with Gasteiger partial charge >= 0.3 is 0 Å². The molecule has 0 aromatic heterocycles. The van der Waals surface area contributed by atoms with Gasteiger partial charge in [-0.2, -0.15) is 0 Å². The monoisotopic (exact) mass is 152 g/mol. The van der Waals surface area contributed by atoms with Gasteiger partial charge in [-0.25, -0.2) is 13.2 Å². The molecular formula is C7H11F3. The second-order valence-electron chi connectivity index (χ2n) is 3.03. The van der Waals surface area contributed by atoms with Crippen molar-refractivity contribution in [3.8, 4) is 0 Å². The Hall–Kier alpha value is -0.210. The molecule has 1 saturated carbocycles. The Balaban J connectivity index is 2.73. The Morgan fingerprint density at radius 1 is 1.40 bits per heavy atom. The summed E-state index contributed by atoms with van der Waals surface area (Å²) in [6.45, 7) is 2.99. The van der Waals surface area contributed by atoms with Crippen LogP contribution in [0.3, 0.4) is 0 Å². The minimum Gasteiger partial charge on any atom is -0.237 e. The van der Waals surface area contributed by atoms with E-state index in [1.807, 2.05) is 0 Å². The normalized spacial score (nSPS) is 44.7. The van der Waals surface area contributed by atoms with Gasteiger partial charge in [0.2, 0.25) is 0 Å². The lowest BCUT2D eigenvalue weighted by Gasteiger charge is -2.47. The lowest BCUT2D eigenvalue weighted by molar-refractivity contribution is -0.247. The molecule has 1 aliphatic carbocycles. The van der Waals surface area contributed by atoms with Crippen LogP contribution in [-0.4, -0.2) is 11.6 Å². The van der Waals surface area contributed by atoms with Crippen molar-refractivity contribution in [2.45, 2.75) is 38.3 Å². The van der Waals surface area contributed by atoms with E-state index in [1.54, 1.807) is 0 Å². The van der Waals surface area contributed by atoms with Crippen molar-refractivity contribution in [1.82, 2.24) is 0 Å². The maximum atomic E-state index is 13.1. The standard InChI is InChI=1S/C7H11F3/c1-3-6(8)5(2)4-7(6,9)10/h5H,3-4H2,1-2H3. The molecule has 0 radical (unpaired) electrons. The molecule has 0 aromatic carbocycles. The molecule has 0 heterocycles. The van der Waals surface area contributed by atoms with Gasteiger partial charge in [0.15, 0.2) is 5.67 Å². The van der Waals surface area contributed by atoms with E-state index in [-0.39, 0.29) is 12.8 Å². The molecule has 0 aliphatic heterocycles. The Labute approximate surface area is 58.4 Å². The topological polar surface area (TPSA) is 0 Å². The van der Waals surface area contributed by atoms with E-state index in [0.29, 0.717) is 0 Å². The van der Waals surface area contributed by atoms with Gasteiger partial charge in [0.1, 0.15) is 0 Å². The summed E-state index contributed by atoms with van der Waals surface area (Å²) in [5.74, 6) is -3.55. The third-order valence-electron chi connectivity index (χ3n) is 2.47. The van der Waals surface area contributed by atoms with E-state index in [1.165, 1.54) is 13.8 Å². The summed E-state index contributed by atoms with van der Waals surface area (Å²) in [4.78, 5) is 0. The minimum atomic E-state index is -3.07. The summed E-state index contributed by atoms with van der Waals surface area (Å²) in [5.41, 5.74) is -2.22. The van der Waals surface area contributed by atoms with E-state index in [9.17, 15) is 13.2 Å². The van der Waals surface area contributed by atoms with Gasteiger partial charge in [-0.15, -0.1) is 0 Å². The Morgan fingerprint density at radius 2 is 1.90 bits per heavy atom. The first kappa shape index (κ1) is 7.89. The fourth-order valence-corrected chi connectivity index (χ4v) is 1.55. The molecule has 1 aliphatic rings. The lowest BCUT2D eigenvalue weighted by atomic mass is 9.67. The zero-order valence-electron chi connectivity index (χ0n) is 6.13. The minimum absolute atomic E-state index is 0.0822. The third kappa shape index (κ3) is 0.691. The van der Waals surface area contributed by atoms with Crippen molar-refractivity contribution in [3.63, 3.8) is 0 Å². The molecule has 0 saturated heterocycles. The molecule has 2 atom stereocenters. The van der Waals surface area contributed by atoms with Crippen LogP contribution >= 0.6 is 0 Å². The fourth-order valence-electron chi connectivity index (χ4n) is 1.55. The van der Waals surface area contributed by atoms with E-state index >= 15 is 0 Å². The molecule has 0 N–H and O–H groups in total. The van der Waals surface area contributed by atoms with Gasteiger partial charge in [-0.3, -0.25) is 0 Å². The van der Waals surface area contributed by atoms with Gasteiger partial charge in [0, 0.05) is 12.3 Å². The second kappa shape index (κ2) is 1.89. The van der Waals surface area contributed by atoms with Crippen molar-refractivity contribution in [2.24, 2.45) is 5.92 Å². The van der Waals surface area contributed by atoms with Gasteiger partial charge in [-0.05, 0) is 6.42 Å². The summed E-state index contributed by atoms with van der Waals surface area (Å²) in [6, 6.07) is 0. The highest BCUT2D eigenvalue weighted by atomic mass is 19.3. The maximum absolute atomic E-state index is 13.1. The average molecular weight is 152 g/mol. The second-order valence-corrected chi connectivity index (χ2v) is 3.03. The predicted molar refractivity (Wildman–Crippen MR) is 32.9 cm³/mol. The predicted octanol–water partition coefficient (Wildman–Crippen LogP) is 2.78. The molecule has 2 unspecified atom stereocenters. The van der Waals surface area contributed by atoms with Crippen LogP contribution in [0.5, 0.6) is 0 Å². The van der Waals surface area contributed by atoms with E-state index in [4.69, 9.17) is 0 Å². The number of halogens is 3. The first-order chi connectivity index (χ1) is 4.44. The molecule has 0 aromatic rings. The Bertz CT molecular complexity index is 144. The van der Waals surface area contributed by atoms with Crippen molar-refractivity contribution in [2.75, 3.05) is 0 Å². The van der Waals surface area contributed by atoms with E-state index in [0.717, 1.165) is 0 Å². The number of rotatable bonds is 1. The molecule has 0 bridgehead atoms. The van der Waals surface area contributed by atoms with Crippen LogP contribution in [-0.2, 0) is 0 Å². The fraction of sp³-hybridized carbons (Fsp3) is 1.00.